The van der Waals surface area contributed by atoms with Crippen molar-refractivity contribution in [2.24, 2.45) is 0 Å². The number of rotatable bonds is 4. The number of nitrogens with zero attached hydrogens (tertiary/aromatic N) is 4. The molecule has 0 spiro atoms. The number of para-hydroxylation sites is 5. The molecule has 0 fully saturated rings. The van der Waals surface area contributed by atoms with Crippen molar-refractivity contribution in [3.63, 3.8) is 0 Å². The van der Waals surface area contributed by atoms with Crippen molar-refractivity contribution in [2.45, 2.75) is 26.2 Å². The van der Waals surface area contributed by atoms with Gasteiger partial charge >= 0.3 is 0 Å². The van der Waals surface area contributed by atoms with Crippen molar-refractivity contribution in [3.8, 4) is 5.69 Å². The molecule has 15 rings (SSSR count). The number of furan rings is 1. The Kier molecular flexibility index (Phi) is 7.40. The molecule has 0 saturated heterocycles. The summed E-state index contributed by atoms with van der Waals surface area (Å²) in [5.74, 6) is 0. The molecule has 9 aromatic carbocycles. The van der Waals surface area contributed by atoms with Crippen molar-refractivity contribution >= 4 is 139 Å². The molecule has 0 saturated carbocycles. The summed E-state index contributed by atoms with van der Waals surface area (Å²) in [6.07, 6.45) is 0. The number of hydrogen-bond donors (Lipinski definition) is 0. The van der Waals surface area contributed by atoms with Gasteiger partial charge in [0.25, 0.3) is 6.71 Å². The number of fused-ring (bicyclic) bond motifs is 14. The van der Waals surface area contributed by atoms with Crippen molar-refractivity contribution in [3.05, 3.63) is 200 Å². The van der Waals surface area contributed by atoms with Crippen LogP contribution >= 0.6 is 11.3 Å². The van der Waals surface area contributed by atoms with E-state index in [4.69, 9.17) is 4.42 Å². The van der Waals surface area contributed by atoms with Crippen LogP contribution in [0, 0.1) is 0 Å². The number of hydrogen-bond acceptors (Lipinski definition) is 5. The first kappa shape index (κ1) is 37.2. The molecule has 3 aromatic heterocycles. The lowest BCUT2D eigenvalue weighted by molar-refractivity contribution is 0.590. The van der Waals surface area contributed by atoms with Gasteiger partial charge in [-0.05, 0) is 113 Å². The maximum absolute atomic E-state index is 7.41. The lowest BCUT2D eigenvalue weighted by Crippen LogP contribution is -2.61. The Morgan fingerprint density at radius 1 is 0.493 bits per heavy atom. The van der Waals surface area contributed by atoms with Gasteiger partial charge in [-0.1, -0.05) is 124 Å². The van der Waals surface area contributed by atoms with Gasteiger partial charge in [-0.2, -0.15) is 0 Å². The SMILES string of the molecule is CC(C)(C)c1ccc2oc3c(c2c1)N(c1ccc2sc4ccccc4c2c1)c1cc(N(c2ccccc2)c2ccccc2)cc2c1B3c1cccc3c1N2c1cccc2c4ccccc4n-3c12. The summed E-state index contributed by atoms with van der Waals surface area (Å²) in [5, 5.41) is 6.16. The lowest BCUT2D eigenvalue weighted by Gasteiger charge is -2.45. The van der Waals surface area contributed by atoms with Crippen LogP contribution in [0.5, 0.6) is 0 Å². The molecule has 7 heteroatoms. The third kappa shape index (κ3) is 5.04. The summed E-state index contributed by atoms with van der Waals surface area (Å²) in [6, 6.07) is 71.9. The Morgan fingerprint density at radius 3 is 1.96 bits per heavy atom. The third-order valence-corrected chi connectivity index (χ3v) is 15.7. The van der Waals surface area contributed by atoms with Gasteiger partial charge in [0, 0.05) is 64.8 Å². The Morgan fingerprint density at radius 2 is 1.16 bits per heavy atom. The molecule has 12 aromatic rings. The molecule has 67 heavy (non-hydrogen) atoms. The third-order valence-electron chi connectivity index (χ3n) is 14.6. The van der Waals surface area contributed by atoms with Crippen LogP contribution in [-0.4, -0.2) is 11.3 Å². The highest BCUT2D eigenvalue weighted by Crippen LogP contribution is 2.55. The first-order chi connectivity index (χ1) is 32.9. The predicted molar refractivity (Wildman–Crippen MR) is 284 cm³/mol. The van der Waals surface area contributed by atoms with Crippen molar-refractivity contribution < 1.29 is 4.42 Å². The summed E-state index contributed by atoms with van der Waals surface area (Å²) in [4.78, 5) is 7.55. The summed E-state index contributed by atoms with van der Waals surface area (Å²) >= 11 is 1.86. The van der Waals surface area contributed by atoms with E-state index in [0.29, 0.717) is 0 Å². The van der Waals surface area contributed by atoms with Crippen LogP contribution in [0.25, 0.3) is 58.6 Å². The zero-order chi connectivity index (χ0) is 44.3. The highest BCUT2D eigenvalue weighted by molar-refractivity contribution is 7.25. The molecular formula is C60H41BN4OS. The second-order valence-corrected chi connectivity index (χ2v) is 20.4. The van der Waals surface area contributed by atoms with E-state index in [0.717, 1.165) is 56.4 Å². The van der Waals surface area contributed by atoms with Gasteiger partial charge in [0.2, 0.25) is 0 Å². The van der Waals surface area contributed by atoms with Crippen molar-refractivity contribution in [1.29, 1.82) is 0 Å². The first-order valence-corrected chi connectivity index (χ1v) is 24.0. The summed E-state index contributed by atoms with van der Waals surface area (Å²) in [6.45, 7) is 6.71. The molecule has 0 radical (unpaired) electrons. The van der Waals surface area contributed by atoms with E-state index in [1.165, 1.54) is 75.5 Å². The van der Waals surface area contributed by atoms with Crippen LogP contribution < -0.4 is 31.3 Å². The van der Waals surface area contributed by atoms with Crippen molar-refractivity contribution in [1.82, 2.24) is 4.57 Å². The molecule has 316 valence electrons. The zero-order valence-corrected chi connectivity index (χ0v) is 38.0. The molecule has 0 aliphatic carbocycles. The van der Waals surface area contributed by atoms with Crippen LogP contribution in [0.4, 0.5) is 51.2 Å². The second kappa shape index (κ2) is 13.3. The normalized spacial score (nSPS) is 13.5. The van der Waals surface area contributed by atoms with Gasteiger partial charge in [-0.15, -0.1) is 11.3 Å². The molecular weight excluding hydrogens is 836 g/mol. The zero-order valence-electron chi connectivity index (χ0n) is 37.2. The Balaban J connectivity index is 1.12. The average Bonchev–Trinajstić information content (AvgIpc) is 4.04. The Hall–Kier alpha value is -8.00. The molecule has 0 bridgehead atoms. The van der Waals surface area contributed by atoms with E-state index in [1.54, 1.807) is 0 Å². The first-order valence-electron chi connectivity index (χ1n) is 23.2. The summed E-state index contributed by atoms with van der Waals surface area (Å²) in [5.41, 5.74) is 19.2. The predicted octanol–water partition coefficient (Wildman–Crippen LogP) is 15.1. The van der Waals surface area contributed by atoms with E-state index >= 15 is 0 Å². The van der Waals surface area contributed by atoms with Crippen molar-refractivity contribution in [2.75, 3.05) is 14.7 Å². The smallest absolute Gasteiger partial charge is 0.297 e. The van der Waals surface area contributed by atoms with Crippen LogP contribution in [0.1, 0.15) is 26.3 Å². The number of aromatic nitrogens is 1. The molecule has 3 aliphatic heterocycles. The van der Waals surface area contributed by atoms with Gasteiger partial charge in [0.15, 0.2) is 0 Å². The molecule has 0 amide bonds. The highest BCUT2D eigenvalue weighted by Gasteiger charge is 2.49. The average molecular weight is 877 g/mol. The molecule has 0 unspecified atom stereocenters. The quantitative estimate of drug-likeness (QED) is 0.165. The van der Waals surface area contributed by atoms with Gasteiger partial charge in [-0.25, -0.2) is 0 Å². The van der Waals surface area contributed by atoms with E-state index in [1.807, 2.05) is 11.3 Å². The van der Waals surface area contributed by atoms with E-state index in [-0.39, 0.29) is 12.1 Å². The number of thiophene rings is 1. The maximum atomic E-state index is 7.41. The van der Waals surface area contributed by atoms with Crippen LogP contribution in [-0.2, 0) is 5.41 Å². The lowest BCUT2D eigenvalue weighted by atomic mass is 9.35. The fourth-order valence-electron chi connectivity index (χ4n) is 11.7. The van der Waals surface area contributed by atoms with E-state index < -0.39 is 0 Å². The fraction of sp³-hybridized carbons (Fsp3) is 0.0667. The van der Waals surface area contributed by atoms with E-state index in [9.17, 15) is 0 Å². The van der Waals surface area contributed by atoms with Gasteiger partial charge < -0.3 is 23.7 Å². The minimum atomic E-state index is -0.197. The van der Waals surface area contributed by atoms with Crippen LogP contribution in [0.2, 0.25) is 0 Å². The monoisotopic (exact) mass is 876 g/mol. The molecule has 0 atom stereocenters. The van der Waals surface area contributed by atoms with Gasteiger partial charge in [0.1, 0.15) is 5.58 Å². The van der Waals surface area contributed by atoms with Gasteiger partial charge in [-0.3, -0.25) is 0 Å². The molecule has 3 aliphatic rings. The number of anilines is 9. The standard InChI is InChI=1S/C60H41BN4OS/c1-60(2,3)36-28-30-52-45(32-36)57-59(66-52)61-46-23-15-26-49-58(46)65(48-25-14-22-43-41-20-10-12-24-47(41)64(49)56(43)48)51-35-40(62(37-16-6-4-7-17-37)38-18-8-5-9-19-38)34-50(55(51)61)63(57)39-29-31-54-44(33-39)42-21-11-13-27-53(42)67-54/h4-35H,1-3H3. The van der Waals surface area contributed by atoms with Crippen LogP contribution in [0.3, 0.4) is 0 Å². The van der Waals surface area contributed by atoms with Crippen LogP contribution in [0.15, 0.2) is 199 Å². The largest absolute Gasteiger partial charge is 0.468 e. The fourth-order valence-corrected chi connectivity index (χ4v) is 12.8. The second-order valence-electron chi connectivity index (χ2n) is 19.3. The van der Waals surface area contributed by atoms with Gasteiger partial charge in [0.05, 0.1) is 45.1 Å². The maximum Gasteiger partial charge on any atom is 0.297 e. The number of benzene rings is 9. The topological polar surface area (TPSA) is 27.8 Å². The molecule has 6 heterocycles. The summed E-state index contributed by atoms with van der Waals surface area (Å²) in [7, 11) is 0. The molecule has 5 nitrogen and oxygen atoms in total. The minimum absolute atomic E-state index is 0.0709. The van der Waals surface area contributed by atoms with E-state index in [2.05, 4.69) is 234 Å². The highest BCUT2D eigenvalue weighted by atomic mass is 32.1. The Labute approximate surface area is 392 Å². The Bertz CT molecular complexity index is 4030. The molecule has 0 N–H and O–H groups in total. The summed E-state index contributed by atoms with van der Waals surface area (Å²) < 4.78 is 12.5. The minimum Gasteiger partial charge on any atom is -0.468 e.